The third-order valence-corrected chi connectivity index (χ3v) is 5.22. The Balaban J connectivity index is 1.76. The largest absolute Gasteiger partial charge is 0.492 e. The zero-order valence-corrected chi connectivity index (χ0v) is 17.7. The van der Waals surface area contributed by atoms with Gasteiger partial charge in [0.1, 0.15) is 12.4 Å². The van der Waals surface area contributed by atoms with Crippen LogP contribution in [0.4, 0.5) is 5.69 Å². The molecule has 0 fully saturated rings. The van der Waals surface area contributed by atoms with Crippen molar-refractivity contribution in [3.63, 3.8) is 0 Å². The zero-order valence-electron chi connectivity index (χ0n) is 16.8. The molecule has 0 aliphatic heterocycles. The minimum Gasteiger partial charge on any atom is -0.492 e. The second-order valence-corrected chi connectivity index (χ2v) is 9.44. The van der Waals surface area contributed by atoms with Crippen molar-refractivity contribution >= 4 is 32.5 Å². The molecule has 0 aliphatic carbocycles. The molecule has 2 heterocycles. The number of aromatic nitrogens is 3. The maximum Gasteiger partial charge on any atom is 0.257 e. The van der Waals surface area contributed by atoms with Crippen molar-refractivity contribution in [2.24, 2.45) is 0 Å². The predicted octanol–water partition coefficient (Wildman–Crippen LogP) is 3.00. The van der Waals surface area contributed by atoms with Crippen molar-refractivity contribution in [2.45, 2.75) is 26.8 Å². The first-order valence-corrected chi connectivity index (χ1v) is 11.3. The van der Waals surface area contributed by atoms with Gasteiger partial charge in [-0.3, -0.25) is 4.79 Å². The van der Waals surface area contributed by atoms with E-state index in [9.17, 15) is 13.2 Å². The molecule has 8 nitrogen and oxygen atoms in total. The van der Waals surface area contributed by atoms with E-state index in [1.165, 1.54) is 0 Å². The van der Waals surface area contributed by atoms with Crippen LogP contribution in [0.1, 0.15) is 35.9 Å². The van der Waals surface area contributed by atoms with Crippen molar-refractivity contribution in [2.75, 3.05) is 23.9 Å². The van der Waals surface area contributed by atoms with E-state index in [1.54, 1.807) is 43.5 Å². The third kappa shape index (κ3) is 5.11. The molecule has 0 saturated carbocycles. The Labute approximate surface area is 169 Å². The molecule has 3 rings (SSSR count). The monoisotopic (exact) mass is 416 g/mol. The van der Waals surface area contributed by atoms with Gasteiger partial charge in [-0.1, -0.05) is 6.07 Å². The summed E-state index contributed by atoms with van der Waals surface area (Å²) >= 11 is 0. The summed E-state index contributed by atoms with van der Waals surface area (Å²) in [5.74, 6) is 0.121. The van der Waals surface area contributed by atoms with Gasteiger partial charge in [-0.15, -0.1) is 0 Å². The van der Waals surface area contributed by atoms with Gasteiger partial charge >= 0.3 is 0 Å². The lowest BCUT2D eigenvalue weighted by Gasteiger charge is -2.11. The maximum absolute atomic E-state index is 12.8. The molecule has 0 radical (unpaired) electrons. The number of hydrogen-bond acceptors (Lipinski definition) is 6. The topological polar surface area (TPSA) is 103 Å². The van der Waals surface area contributed by atoms with Gasteiger partial charge in [-0.25, -0.2) is 18.1 Å². The van der Waals surface area contributed by atoms with Gasteiger partial charge in [0.05, 0.1) is 23.2 Å². The highest BCUT2D eigenvalue weighted by atomic mass is 32.2. The van der Waals surface area contributed by atoms with E-state index < -0.39 is 9.84 Å². The molecule has 154 valence electrons. The number of nitrogens with one attached hydrogen (secondary N) is 1. The number of rotatable bonds is 7. The minimum absolute atomic E-state index is 0.0514. The molecular weight excluding hydrogens is 392 g/mol. The number of aryl methyl sites for hydroxylation is 1. The fourth-order valence-corrected chi connectivity index (χ4v) is 3.23. The molecule has 0 saturated heterocycles. The molecule has 3 aromatic rings. The quantitative estimate of drug-likeness (QED) is 0.635. The summed E-state index contributed by atoms with van der Waals surface area (Å²) in [7, 11) is -3.09. The fourth-order valence-electron chi connectivity index (χ4n) is 2.85. The van der Waals surface area contributed by atoms with Crippen LogP contribution in [0.15, 0.2) is 36.5 Å². The van der Waals surface area contributed by atoms with Gasteiger partial charge in [-0.2, -0.15) is 5.10 Å². The number of amides is 1. The van der Waals surface area contributed by atoms with Gasteiger partial charge in [0.15, 0.2) is 15.5 Å². The Kier molecular flexibility index (Phi) is 5.88. The zero-order chi connectivity index (χ0) is 21.2. The van der Waals surface area contributed by atoms with Crippen LogP contribution in [-0.2, 0) is 9.84 Å². The molecule has 2 aromatic heterocycles. The summed E-state index contributed by atoms with van der Waals surface area (Å²) in [6, 6.07) is 8.77. The lowest BCUT2D eigenvalue weighted by atomic mass is 10.1. The summed E-state index contributed by atoms with van der Waals surface area (Å²) in [5, 5.41) is 7.98. The highest BCUT2D eigenvalue weighted by Gasteiger charge is 2.16. The molecule has 0 atom stereocenters. The Morgan fingerprint density at radius 3 is 2.72 bits per heavy atom. The number of pyridine rings is 1. The molecule has 0 aliphatic rings. The Bertz CT molecular complexity index is 1150. The molecule has 0 bridgehead atoms. The van der Waals surface area contributed by atoms with E-state index in [1.807, 2.05) is 18.5 Å². The van der Waals surface area contributed by atoms with Gasteiger partial charge in [0.25, 0.3) is 5.91 Å². The Morgan fingerprint density at radius 1 is 1.28 bits per heavy atom. The summed E-state index contributed by atoms with van der Waals surface area (Å²) in [5.41, 5.74) is 2.36. The Hall–Kier alpha value is -2.94. The number of hydrogen-bond donors (Lipinski definition) is 1. The van der Waals surface area contributed by atoms with Gasteiger partial charge in [0.2, 0.25) is 0 Å². The number of fused-ring (bicyclic) bond motifs is 1. The summed E-state index contributed by atoms with van der Waals surface area (Å²) in [6.07, 6.45) is 2.86. The van der Waals surface area contributed by atoms with E-state index in [4.69, 9.17) is 4.74 Å². The van der Waals surface area contributed by atoms with Gasteiger partial charge in [0, 0.05) is 29.4 Å². The van der Waals surface area contributed by atoms with Crippen LogP contribution in [0.25, 0.3) is 11.0 Å². The summed E-state index contributed by atoms with van der Waals surface area (Å²) < 4.78 is 29.7. The molecule has 0 spiro atoms. The average molecular weight is 417 g/mol. The first-order chi connectivity index (χ1) is 13.6. The average Bonchev–Trinajstić information content (AvgIpc) is 3.03. The second-order valence-electron chi connectivity index (χ2n) is 7.18. The van der Waals surface area contributed by atoms with Crippen LogP contribution < -0.4 is 10.1 Å². The van der Waals surface area contributed by atoms with Crippen LogP contribution in [0.3, 0.4) is 0 Å². The lowest BCUT2D eigenvalue weighted by Crippen LogP contribution is -2.15. The molecule has 9 heteroatoms. The number of sulfone groups is 1. The minimum atomic E-state index is -3.09. The highest BCUT2D eigenvalue weighted by molar-refractivity contribution is 7.90. The fraction of sp³-hybridized carbons (Fsp3) is 0.350. The summed E-state index contributed by atoms with van der Waals surface area (Å²) in [4.78, 5) is 17.3. The van der Waals surface area contributed by atoms with Crippen molar-refractivity contribution in [1.29, 1.82) is 0 Å². The van der Waals surface area contributed by atoms with Gasteiger partial charge < -0.3 is 10.1 Å². The second kappa shape index (κ2) is 8.20. The lowest BCUT2D eigenvalue weighted by molar-refractivity contribution is 0.102. The molecule has 0 unspecified atom stereocenters. The first-order valence-electron chi connectivity index (χ1n) is 9.21. The Morgan fingerprint density at radius 2 is 2.03 bits per heavy atom. The van der Waals surface area contributed by atoms with Crippen molar-refractivity contribution in [3.8, 4) is 5.75 Å². The van der Waals surface area contributed by atoms with Crippen LogP contribution in [-0.4, -0.2) is 47.7 Å². The van der Waals surface area contributed by atoms with E-state index in [0.29, 0.717) is 22.7 Å². The predicted molar refractivity (Wildman–Crippen MR) is 112 cm³/mol. The van der Waals surface area contributed by atoms with E-state index in [0.717, 1.165) is 17.3 Å². The number of ether oxygens (including phenoxy) is 1. The van der Waals surface area contributed by atoms with Crippen LogP contribution in [0.2, 0.25) is 0 Å². The SMILES string of the molecule is Cc1nc2c(cnn2C(C)C)cc1C(=O)Nc1cccc(OCCS(C)(=O)=O)c1. The molecule has 1 amide bonds. The number of carbonyl (C=O) groups excluding carboxylic acids is 1. The standard InChI is InChI=1S/C20H24N4O4S/c1-13(2)24-19-15(12-21-24)10-18(14(3)22-19)20(25)23-16-6-5-7-17(11-16)28-8-9-29(4,26)27/h5-7,10-13H,8-9H2,1-4H3,(H,23,25). The smallest absolute Gasteiger partial charge is 0.257 e. The van der Waals surface area contributed by atoms with E-state index in [-0.39, 0.29) is 24.3 Å². The molecule has 29 heavy (non-hydrogen) atoms. The van der Waals surface area contributed by atoms with Crippen molar-refractivity contribution < 1.29 is 17.9 Å². The first kappa shape index (κ1) is 20.8. The highest BCUT2D eigenvalue weighted by Crippen LogP contribution is 2.22. The number of nitrogens with zero attached hydrogens (tertiary/aromatic N) is 3. The van der Waals surface area contributed by atoms with Crippen molar-refractivity contribution in [1.82, 2.24) is 14.8 Å². The third-order valence-electron chi connectivity index (χ3n) is 4.31. The molecular formula is C20H24N4O4S. The van der Waals surface area contributed by atoms with E-state index in [2.05, 4.69) is 15.4 Å². The normalized spacial score (nSPS) is 11.8. The van der Waals surface area contributed by atoms with Crippen LogP contribution in [0.5, 0.6) is 5.75 Å². The van der Waals surface area contributed by atoms with Crippen molar-refractivity contribution in [3.05, 3.63) is 47.8 Å². The summed E-state index contributed by atoms with van der Waals surface area (Å²) in [6.45, 7) is 5.89. The van der Waals surface area contributed by atoms with E-state index >= 15 is 0 Å². The number of carbonyl (C=O) groups is 1. The maximum atomic E-state index is 12.8. The number of anilines is 1. The van der Waals surface area contributed by atoms with Crippen LogP contribution in [0, 0.1) is 6.92 Å². The van der Waals surface area contributed by atoms with Gasteiger partial charge in [-0.05, 0) is 39.0 Å². The van der Waals surface area contributed by atoms with Crippen LogP contribution >= 0.6 is 0 Å². The molecule has 1 aromatic carbocycles. The molecule has 1 N–H and O–H groups in total. The number of benzene rings is 1.